The number of hydrogen-bond donors (Lipinski definition) is 1. The quantitative estimate of drug-likeness (QED) is 0.875. The lowest BCUT2D eigenvalue weighted by Crippen LogP contribution is -2.29. The van der Waals surface area contributed by atoms with Crippen molar-refractivity contribution >= 4 is 17.5 Å². The number of halogens is 1. The van der Waals surface area contributed by atoms with Crippen molar-refractivity contribution in [3.8, 4) is 0 Å². The van der Waals surface area contributed by atoms with Crippen LogP contribution in [-0.4, -0.2) is 12.5 Å². The van der Waals surface area contributed by atoms with E-state index >= 15 is 0 Å². The van der Waals surface area contributed by atoms with Crippen LogP contribution in [0.3, 0.4) is 0 Å². The lowest BCUT2D eigenvalue weighted by Gasteiger charge is -2.17. The molecule has 0 atom stereocenters. The van der Waals surface area contributed by atoms with Gasteiger partial charge in [0.25, 0.3) is 0 Å². The van der Waals surface area contributed by atoms with Gasteiger partial charge in [-0.05, 0) is 29.5 Å². The van der Waals surface area contributed by atoms with E-state index in [0.29, 0.717) is 13.0 Å². The van der Waals surface area contributed by atoms with Crippen molar-refractivity contribution in [1.82, 2.24) is 5.32 Å². The Morgan fingerprint density at radius 2 is 1.82 bits per heavy atom. The molecule has 0 aromatic heterocycles. The van der Waals surface area contributed by atoms with Crippen molar-refractivity contribution in [1.29, 1.82) is 0 Å². The topological polar surface area (TPSA) is 29.1 Å². The Labute approximate surface area is 108 Å². The number of amides is 1. The zero-order valence-electron chi connectivity index (χ0n) is 10.7. The molecule has 0 aliphatic carbocycles. The first-order valence-electron chi connectivity index (χ1n) is 5.88. The van der Waals surface area contributed by atoms with Crippen LogP contribution in [0.4, 0.5) is 0 Å². The van der Waals surface area contributed by atoms with Gasteiger partial charge in [0, 0.05) is 18.0 Å². The van der Waals surface area contributed by atoms with Gasteiger partial charge < -0.3 is 5.32 Å². The van der Waals surface area contributed by atoms with Gasteiger partial charge in [-0.1, -0.05) is 44.5 Å². The van der Waals surface area contributed by atoms with Crippen LogP contribution in [0.5, 0.6) is 0 Å². The molecule has 0 saturated heterocycles. The van der Waals surface area contributed by atoms with Crippen molar-refractivity contribution < 1.29 is 4.79 Å². The molecule has 94 valence electrons. The van der Waals surface area contributed by atoms with E-state index in [-0.39, 0.29) is 11.3 Å². The number of carbonyl (C=O) groups excluding carboxylic acids is 1. The van der Waals surface area contributed by atoms with Gasteiger partial charge in [0.2, 0.25) is 5.91 Å². The molecular weight excluding hydrogens is 234 g/mol. The Bertz CT molecular complexity index is 365. The van der Waals surface area contributed by atoms with E-state index in [4.69, 9.17) is 11.6 Å². The van der Waals surface area contributed by atoms with Gasteiger partial charge >= 0.3 is 0 Å². The molecule has 1 aromatic rings. The normalized spacial score (nSPS) is 11.3. The van der Waals surface area contributed by atoms with Crippen molar-refractivity contribution in [3.63, 3.8) is 0 Å². The third kappa shape index (κ3) is 6.32. The van der Waals surface area contributed by atoms with Crippen LogP contribution in [-0.2, 0) is 11.2 Å². The van der Waals surface area contributed by atoms with Crippen LogP contribution >= 0.6 is 11.6 Å². The van der Waals surface area contributed by atoms with Gasteiger partial charge in [0.1, 0.15) is 0 Å². The molecule has 1 rings (SSSR count). The minimum atomic E-state index is 0.0460. The van der Waals surface area contributed by atoms with E-state index in [1.165, 1.54) is 5.56 Å². The number of rotatable bonds is 4. The molecule has 2 nitrogen and oxygen atoms in total. The Balaban J connectivity index is 2.28. The van der Waals surface area contributed by atoms with E-state index in [1.807, 2.05) is 24.3 Å². The molecule has 0 heterocycles. The third-order valence-electron chi connectivity index (χ3n) is 2.34. The highest BCUT2D eigenvalue weighted by molar-refractivity contribution is 6.30. The van der Waals surface area contributed by atoms with E-state index in [9.17, 15) is 4.79 Å². The molecule has 3 heteroatoms. The summed E-state index contributed by atoms with van der Waals surface area (Å²) in [5, 5.41) is 3.67. The summed E-state index contributed by atoms with van der Waals surface area (Å²) in [7, 11) is 0. The average Bonchev–Trinajstić information content (AvgIpc) is 2.18. The Kier molecular flexibility index (Phi) is 5.01. The minimum Gasteiger partial charge on any atom is -0.356 e. The molecule has 0 saturated carbocycles. The molecule has 0 aliphatic heterocycles. The highest BCUT2D eigenvalue weighted by atomic mass is 35.5. The summed E-state index contributed by atoms with van der Waals surface area (Å²) in [5.41, 5.74) is 1.23. The molecule has 1 aromatic carbocycles. The standard InChI is InChI=1S/C14H20ClNO/c1-14(2,3)10-13(17)16-9-8-11-4-6-12(15)7-5-11/h4-7H,8-10H2,1-3H3,(H,16,17). The molecular formula is C14H20ClNO. The van der Waals surface area contributed by atoms with Crippen molar-refractivity contribution in [2.24, 2.45) is 5.41 Å². The Hall–Kier alpha value is -1.02. The average molecular weight is 254 g/mol. The summed E-state index contributed by atoms with van der Waals surface area (Å²) >= 11 is 5.80. The largest absolute Gasteiger partial charge is 0.356 e. The predicted molar refractivity (Wildman–Crippen MR) is 72.2 cm³/mol. The molecule has 1 N–H and O–H groups in total. The number of carbonyl (C=O) groups is 1. The van der Waals surface area contributed by atoms with Crippen molar-refractivity contribution in [2.75, 3.05) is 6.54 Å². The maximum atomic E-state index is 11.6. The second kappa shape index (κ2) is 6.06. The molecule has 0 aliphatic rings. The molecule has 0 spiro atoms. The van der Waals surface area contributed by atoms with Gasteiger partial charge in [0.05, 0.1) is 0 Å². The Morgan fingerprint density at radius 3 is 2.35 bits per heavy atom. The van der Waals surface area contributed by atoms with E-state index in [1.54, 1.807) is 0 Å². The molecule has 0 unspecified atom stereocenters. The maximum absolute atomic E-state index is 11.6. The summed E-state index contributed by atoms with van der Waals surface area (Å²) in [6.45, 7) is 6.86. The fraction of sp³-hybridized carbons (Fsp3) is 0.500. The van der Waals surface area contributed by atoms with E-state index < -0.39 is 0 Å². The highest BCUT2D eigenvalue weighted by Gasteiger charge is 2.15. The van der Waals surface area contributed by atoms with Crippen LogP contribution in [0.25, 0.3) is 0 Å². The summed E-state index contributed by atoms with van der Waals surface area (Å²) in [5.74, 6) is 0.117. The zero-order chi connectivity index (χ0) is 12.9. The molecule has 17 heavy (non-hydrogen) atoms. The summed E-state index contributed by atoms with van der Waals surface area (Å²) in [6, 6.07) is 7.71. The smallest absolute Gasteiger partial charge is 0.220 e. The monoisotopic (exact) mass is 253 g/mol. The lowest BCUT2D eigenvalue weighted by molar-refractivity contribution is -0.122. The summed E-state index contributed by atoms with van der Waals surface area (Å²) < 4.78 is 0. The first-order valence-corrected chi connectivity index (χ1v) is 6.26. The van der Waals surface area contributed by atoms with Gasteiger partial charge in [0.15, 0.2) is 0 Å². The summed E-state index contributed by atoms with van der Waals surface area (Å²) in [4.78, 5) is 11.6. The first-order chi connectivity index (χ1) is 7.87. The van der Waals surface area contributed by atoms with Crippen LogP contribution in [0.2, 0.25) is 5.02 Å². The fourth-order valence-electron chi connectivity index (χ4n) is 1.54. The number of benzene rings is 1. The third-order valence-corrected chi connectivity index (χ3v) is 2.59. The molecule has 0 radical (unpaired) electrons. The minimum absolute atomic E-state index is 0.0460. The maximum Gasteiger partial charge on any atom is 0.220 e. The van der Waals surface area contributed by atoms with Gasteiger partial charge in [-0.15, -0.1) is 0 Å². The second-order valence-electron chi connectivity index (χ2n) is 5.46. The van der Waals surface area contributed by atoms with E-state index in [2.05, 4.69) is 26.1 Å². The van der Waals surface area contributed by atoms with Gasteiger partial charge in [-0.25, -0.2) is 0 Å². The summed E-state index contributed by atoms with van der Waals surface area (Å²) in [6.07, 6.45) is 1.40. The van der Waals surface area contributed by atoms with Crippen LogP contribution in [0.1, 0.15) is 32.8 Å². The molecule has 0 bridgehead atoms. The zero-order valence-corrected chi connectivity index (χ0v) is 11.5. The fourth-order valence-corrected chi connectivity index (χ4v) is 1.67. The number of nitrogens with one attached hydrogen (secondary N) is 1. The van der Waals surface area contributed by atoms with Crippen molar-refractivity contribution in [2.45, 2.75) is 33.6 Å². The first kappa shape index (κ1) is 14.0. The molecule has 0 fully saturated rings. The van der Waals surface area contributed by atoms with E-state index in [0.717, 1.165) is 11.4 Å². The van der Waals surface area contributed by atoms with Crippen molar-refractivity contribution in [3.05, 3.63) is 34.9 Å². The number of hydrogen-bond acceptors (Lipinski definition) is 1. The molecule has 1 amide bonds. The SMILES string of the molecule is CC(C)(C)CC(=O)NCCc1ccc(Cl)cc1. The van der Waals surface area contributed by atoms with Gasteiger partial charge in [-0.2, -0.15) is 0 Å². The van der Waals surface area contributed by atoms with Crippen LogP contribution in [0.15, 0.2) is 24.3 Å². The predicted octanol–water partition coefficient (Wildman–Crippen LogP) is 3.43. The van der Waals surface area contributed by atoms with Crippen LogP contribution < -0.4 is 5.32 Å². The Morgan fingerprint density at radius 1 is 1.24 bits per heavy atom. The van der Waals surface area contributed by atoms with Crippen LogP contribution in [0, 0.1) is 5.41 Å². The highest BCUT2D eigenvalue weighted by Crippen LogP contribution is 2.17. The second-order valence-corrected chi connectivity index (χ2v) is 5.90. The lowest BCUT2D eigenvalue weighted by atomic mass is 9.92. The van der Waals surface area contributed by atoms with Gasteiger partial charge in [-0.3, -0.25) is 4.79 Å².